The molecule has 0 unspecified atom stereocenters. The molecule has 5 heteroatoms. The van der Waals surface area contributed by atoms with Crippen LogP contribution in [0, 0.1) is 4.64 Å². The van der Waals surface area contributed by atoms with Crippen LogP contribution >= 0.6 is 23.6 Å². The first kappa shape index (κ1) is 11.3. The van der Waals surface area contributed by atoms with E-state index in [-0.39, 0.29) is 0 Å². The van der Waals surface area contributed by atoms with Crippen LogP contribution < -0.4 is 0 Å². The highest BCUT2D eigenvalue weighted by molar-refractivity contribution is 7.71. The second kappa shape index (κ2) is 4.80. The molecule has 0 aliphatic heterocycles. The van der Waals surface area contributed by atoms with E-state index in [0.29, 0.717) is 4.64 Å². The van der Waals surface area contributed by atoms with Gasteiger partial charge in [0.1, 0.15) is 4.64 Å². The van der Waals surface area contributed by atoms with Crippen LogP contribution in [0.2, 0.25) is 0 Å². The van der Waals surface area contributed by atoms with Gasteiger partial charge in [0, 0.05) is 11.9 Å². The van der Waals surface area contributed by atoms with Crippen LogP contribution in [-0.2, 0) is 0 Å². The zero-order valence-corrected chi connectivity index (χ0v) is 11.0. The lowest BCUT2D eigenvalue weighted by Crippen LogP contribution is -1.91. The summed E-state index contributed by atoms with van der Waals surface area (Å²) in [5.41, 5.74) is 3.85. The van der Waals surface area contributed by atoms with Gasteiger partial charge < -0.3 is 4.98 Å². The second-order valence-corrected chi connectivity index (χ2v) is 5.02. The average Bonchev–Trinajstić information content (AvgIpc) is 2.93. The lowest BCUT2D eigenvalue weighted by Gasteiger charge is -2.04. The Balaban J connectivity index is 2.15. The summed E-state index contributed by atoms with van der Waals surface area (Å²) in [6.07, 6.45) is 1.78. The molecule has 0 aliphatic rings. The third-order valence-corrected chi connectivity index (χ3v) is 3.48. The Kier molecular flexibility index (Phi) is 3.00. The Hall–Kier alpha value is -1.85. The van der Waals surface area contributed by atoms with Crippen molar-refractivity contribution in [3.8, 4) is 22.0 Å². The van der Waals surface area contributed by atoms with Crippen molar-refractivity contribution >= 4 is 23.6 Å². The number of nitrogens with one attached hydrogen (secondary N) is 1. The minimum atomic E-state index is 0.580. The van der Waals surface area contributed by atoms with Gasteiger partial charge in [0.15, 0.2) is 5.82 Å². The fourth-order valence-electron chi connectivity index (χ4n) is 1.68. The maximum absolute atomic E-state index is 5.21. The number of aromatic amines is 1. The summed E-state index contributed by atoms with van der Waals surface area (Å²) in [6.45, 7) is 0. The van der Waals surface area contributed by atoms with Crippen LogP contribution in [0.3, 0.4) is 0 Å². The molecule has 0 atom stereocenters. The Morgan fingerprint density at radius 2 is 2.00 bits per heavy atom. The third-order valence-electron chi connectivity index (χ3n) is 2.49. The van der Waals surface area contributed by atoms with E-state index in [1.54, 1.807) is 11.7 Å². The SMILES string of the molecule is S=c1cc(-c2ccccc2)[nH]c(-c2cncs2)n1. The fraction of sp³-hybridized carbons (Fsp3) is 0. The first-order valence-corrected chi connectivity index (χ1v) is 6.67. The monoisotopic (exact) mass is 271 g/mol. The van der Waals surface area contributed by atoms with Gasteiger partial charge in [-0.15, -0.1) is 11.3 Å². The molecule has 0 aliphatic carbocycles. The molecule has 3 rings (SSSR count). The van der Waals surface area contributed by atoms with Gasteiger partial charge in [0.25, 0.3) is 0 Å². The molecule has 3 aromatic rings. The molecule has 1 aromatic carbocycles. The molecule has 88 valence electrons. The summed E-state index contributed by atoms with van der Waals surface area (Å²) < 4.78 is 0.580. The van der Waals surface area contributed by atoms with E-state index in [2.05, 4.69) is 15.0 Å². The van der Waals surface area contributed by atoms with E-state index >= 15 is 0 Å². The van der Waals surface area contributed by atoms with E-state index in [4.69, 9.17) is 12.2 Å². The normalized spacial score (nSPS) is 10.4. The Morgan fingerprint density at radius 3 is 2.72 bits per heavy atom. The third kappa shape index (κ3) is 2.23. The van der Waals surface area contributed by atoms with E-state index in [1.165, 1.54) is 11.3 Å². The van der Waals surface area contributed by atoms with E-state index < -0.39 is 0 Å². The number of benzene rings is 1. The fourth-order valence-corrected chi connectivity index (χ4v) is 2.45. The summed E-state index contributed by atoms with van der Waals surface area (Å²) in [5.74, 6) is 0.767. The van der Waals surface area contributed by atoms with E-state index in [1.807, 2.05) is 36.4 Å². The molecule has 2 heterocycles. The topological polar surface area (TPSA) is 41.6 Å². The van der Waals surface area contributed by atoms with Crippen LogP contribution in [-0.4, -0.2) is 15.0 Å². The van der Waals surface area contributed by atoms with Gasteiger partial charge in [-0.05, 0) is 11.6 Å². The number of nitrogens with zero attached hydrogens (tertiary/aromatic N) is 2. The molecule has 0 spiro atoms. The Labute approximate surface area is 113 Å². The number of H-pyrrole nitrogens is 1. The molecule has 0 bridgehead atoms. The summed E-state index contributed by atoms with van der Waals surface area (Å²) in [5, 5.41) is 0. The highest BCUT2D eigenvalue weighted by atomic mass is 32.1. The molecule has 18 heavy (non-hydrogen) atoms. The van der Waals surface area contributed by atoms with Gasteiger partial charge in [-0.1, -0.05) is 42.5 Å². The van der Waals surface area contributed by atoms with Crippen molar-refractivity contribution in [2.24, 2.45) is 0 Å². The van der Waals surface area contributed by atoms with Crippen molar-refractivity contribution in [1.29, 1.82) is 0 Å². The van der Waals surface area contributed by atoms with Crippen LogP contribution in [0.25, 0.3) is 22.0 Å². The predicted molar refractivity (Wildman–Crippen MR) is 76.0 cm³/mol. The highest BCUT2D eigenvalue weighted by Crippen LogP contribution is 2.23. The molecule has 2 aromatic heterocycles. The quantitative estimate of drug-likeness (QED) is 0.718. The van der Waals surface area contributed by atoms with Crippen molar-refractivity contribution in [1.82, 2.24) is 15.0 Å². The lowest BCUT2D eigenvalue weighted by molar-refractivity contribution is 1.17. The van der Waals surface area contributed by atoms with Crippen molar-refractivity contribution in [3.63, 3.8) is 0 Å². The Bertz CT molecular complexity index is 703. The molecule has 0 saturated carbocycles. The van der Waals surface area contributed by atoms with E-state index in [0.717, 1.165) is 22.0 Å². The first-order chi connectivity index (χ1) is 8.83. The van der Waals surface area contributed by atoms with Gasteiger partial charge in [-0.2, -0.15) is 0 Å². The number of hydrogen-bond acceptors (Lipinski definition) is 4. The zero-order valence-electron chi connectivity index (χ0n) is 9.33. The maximum atomic E-state index is 5.21. The van der Waals surface area contributed by atoms with Crippen molar-refractivity contribution in [3.05, 3.63) is 52.7 Å². The van der Waals surface area contributed by atoms with Gasteiger partial charge in [0.05, 0.1) is 10.4 Å². The minimum absolute atomic E-state index is 0.580. The van der Waals surface area contributed by atoms with Crippen molar-refractivity contribution in [2.45, 2.75) is 0 Å². The molecule has 0 saturated heterocycles. The average molecular weight is 271 g/mol. The molecule has 3 nitrogen and oxygen atoms in total. The lowest BCUT2D eigenvalue weighted by atomic mass is 10.1. The molecule has 1 N–H and O–H groups in total. The number of rotatable bonds is 2. The maximum Gasteiger partial charge on any atom is 0.151 e. The summed E-state index contributed by atoms with van der Waals surface area (Å²) >= 11 is 6.75. The number of hydrogen-bond donors (Lipinski definition) is 1. The van der Waals surface area contributed by atoms with Gasteiger partial charge in [-0.25, -0.2) is 4.98 Å². The van der Waals surface area contributed by atoms with Crippen LogP contribution in [0.1, 0.15) is 0 Å². The molecule has 0 fully saturated rings. The van der Waals surface area contributed by atoms with Gasteiger partial charge in [0.2, 0.25) is 0 Å². The van der Waals surface area contributed by atoms with E-state index in [9.17, 15) is 0 Å². The van der Waals surface area contributed by atoms with Crippen LogP contribution in [0.4, 0.5) is 0 Å². The summed E-state index contributed by atoms with van der Waals surface area (Å²) in [6, 6.07) is 11.9. The van der Waals surface area contributed by atoms with Crippen LogP contribution in [0.15, 0.2) is 48.1 Å². The smallest absolute Gasteiger partial charge is 0.151 e. The van der Waals surface area contributed by atoms with Crippen molar-refractivity contribution in [2.75, 3.05) is 0 Å². The molecule has 0 radical (unpaired) electrons. The largest absolute Gasteiger partial charge is 0.338 e. The molecule has 0 amide bonds. The van der Waals surface area contributed by atoms with Gasteiger partial charge >= 0.3 is 0 Å². The zero-order chi connectivity index (χ0) is 12.4. The first-order valence-electron chi connectivity index (χ1n) is 5.38. The van der Waals surface area contributed by atoms with Crippen molar-refractivity contribution < 1.29 is 0 Å². The second-order valence-electron chi connectivity index (χ2n) is 3.71. The standard InChI is InChI=1S/C13H9N3S2/c17-12-6-10(9-4-2-1-3-5-9)15-13(16-12)11-7-14-8-18-11/h1-8H,(H,15,16,17). The minimum Gasteiger partial charge on any atom is -0.338 e. The number of thiazole rings is 1. The van der Waals surface area contributed by atoms with Gasteiger partial charge in [-0.3, -0.25) is 4.98 Å². The predicted octanol–water partition coefficient (Wildman–Crippen LogP) is 3.93. The summed E-state index contributed by atoms with van der Waals surface area (Å²) in [4.78, 5) is 12.7. The Morgan fingerprint density at radius 1 is 1.17 bits per heavy atom. The summed E-state index contributed by atoms with van der Waals surface area (Å²) in [7, 11) is 0. The highest BCUT2D eigenvalue weighted by Gasteiger charge is 2.05. The molecular formula is C13H9N3S2. The number of aromatic nitrogens is 3. The van der Waals surface area contributed by atoms with Crippen LogP contribution in [0.5, 0.6) is 0 Å². The molecular weight excluding hydrogens is 262 g/mol.